The van der Waals surface area contributed by atoms with Gasteiger partial charge in [0.2, 0.25) is 0 Å². The molecule has 0 heterocycles. The molecule has 1 aromatic rings. The Morgan fingerprint density at radius 2 is 2.24 bits per heavy atom. The SMILES string of the molecule is COc1ccc(CCC(C)CC(=O)O)cc1Br. The first-order valence-corrected chi connectivity index (χ1v) is 6.36. The molecule has 1 rings (SSSR count). The number of halogens is 1. The molecular formula is C13H17BrO3. The maximum absolute atomic E-state index is 10.5. The lowest BCUT2D eigenvalue weighted by Gasteiger charge is -2.09. The van der Waals surface area contributed by atoms with Crippen molar-refractivity contribution < 1.29 is 14.6 Å². The zero-order valence-electron chi connectivity index (χ0n) is 10.1. The Morgan fingerprint density at radius 3 is 2.76 bits per heavy atom. The van der Waals surface area contributed by atoms with Crippen LogP contribution in [0, 0.1) is 5.92 Å². The number of carbonyl (C=O) groups is 1. The van der Waals surface area contributed by atoms with E-state index in [2.05, 4.69) is 15.9 Å². The molecule has 0 aromatic heterocycles. The maximum atomic E-state index is 10.5. The third kappa shape index (κ3) is 4.77. The number of hydrogen-bond donors (Lipinski definition) is 1. The van der Waals surface area contributed by atoms with Gasteiger partial charge in [0.15, 0.2) is 0 Å². The van der Waals surface area contributed by atoms with E-state index in [9.17, 15) is 4.79 Å². The van der Waals surface area contributed by atoms with Crippen LogP contribution >= 0.6 is 15.9 Å². The van der Waals surface area contributed by atoms with E-state index in [1.54, 1.807) is 7.11 Å². The Labute approximate surface area is 110 Å². The molecule has 0 spiro atoms. The van der Waals surface area contributed by atoms with Crippen molar-refractivity contribution in [1.82, 2.24) is 0 Å². The fraction of sp³-hybridized carbons (Fsp3) is 0.462. The molecule has 0 bridgehead atoms. The van der Waals surface area contributed by atoms with Crippen LogP contribution in [0.1, 0.15) is 25.3 Å². The molecule has 0 amide bonds. The lowest BCUT2D eigenvalue weighted by atomic mass is 9.98. The van der Waals surface area contributed by atoms with Crippen molar-refractivity contribution in [3.63, 3.8) is 0 Å². The second kappa shape index (κ2) is 6.64. The minimum Gasteiger partial charge on any atom is -0.496 e. The van der Waals surface area contributed by atoms with E-state index < -0.39 is 5.97 Å². The molecule has 94 valence electrons. The van der Waals surface area contributed by atoms with Gasteiger partial charge in [0.1, 0.15) is 5.75 Å². The molecule has 0 saturated carbocycles. The number of ether oxygens (including phenoxy) is 1. The van der Waals surface area contributed by atoms with Gasteiger partial charge < -0.3 is 9.84 Å². The van der Waals surface area contributed by atoms with Gasteiger partial charge in [-0.1, -0.05) is 13.0 Å². The van der Waals surface area contributed by atoms with Gasteiger partial charge in [-0.2, -0.15) is 0 Å². The Balaban J connectivity index is 2.52. The van der Waals surface area contributed by atoms with Gasteiger partial charge in [-0.25, -0.2) is 0 Å². The minimum atomic E-state index is -0.728. The van der Waals surface area contributed by atoms with Crippen LogP contribution in [0.2, 0.25) is 0 Å². The fourth-order valence-electron chi connectivity index (χ4n) is 1.68. The van der Waals surface area contributed by atoms with Gasteiger partial charge in [-0.15, -0.1) is 0 Å². The van der Waals surface area contributed by atoms with Gasteiger partial charge in [0, 0.05) is 6.42 Å². The van der Waals surface area contributed by atoms with Gasteiger partial charge >= 0.3 is 5.97 Å². The molecule has 0 aliphatic rings. The average molecular weight is 301 g/mol. The third-order valence-electron chi connectivity index (χ3n) is 2.67. The monoisotopic (exact) mass is 300 g/mol. The van der Waals surface area contributed by atoms with Crippen molar-refractivity contribution in [2.45, 2.75) is 26.2 Å². The van der Waals surface area contributed by atoms with Crippen LogP contribution in [0.15, 0.2) is 22.7 Å². The molecule has 1 atom stereocenters. The van der Waals surface area contributed by atoms with E-state index >= 15 is 0 Å². The van der Waals surface area contributed by atoms with Crippen LogP contribution in [0.5, 0.6) is 5.75 Å². The van der Waals surface area contributed by atoms with Crippen LogP contribution in [0.3, 0.4) is 0 Å². The number of aryl methyl sites for hydroxylation is 1. The standard InChI is InChI=1S/C13H17BrO3/c1-9(7-13(15)16)3-4-10-5-6-12(17-2)11(14)8-10/h5-6,8-9H,3-4,7H2,1-2H3,(H,15,16). The van der Waals surface area contributed by atoms with Crippen LogP contribution < -0.4 is 4.74 Å². The second-order valence-electron chi connectivity index (χ2n) is 4.21. The number of benzene rings is 1. The topological polar surface area (TPSA) is 46.5 Å². The summed E-state index contributed by atoms with van der Waals surface area (Å²) in [6.07, 6.45) is 2.00. The number of rotatable bonds is 6. The summed E-state index contributed by atoms with van der Waals surface area (Å²) in [5.41, 5.74) is 1.19. The van der Waals surface area contributed by atoms with Crippen molar-refractivity contribution in [2.75, 3.05) is 7.11 Å². The van der Waals surface area contributed by atoms with Crippen LogP contribution in [0.25, 0.3) is 0 Å². The first-order valence-electron chi connectivity index (χ1n) is 5.57. The van der Waals surface area contributed by atoms with Crippen molar-refractivity contribution in [1.29, 1.82) is 0 Å². The Kier molecular flexibility index (Phi) is 5.48. The highest BCUT2D eigenvalue weighted by Gasteiger charge is 2.08. The normalized spacial score (nSPS) is 12.2. The fourth-order valence-corrected chi connectivity index (χ4v) is 2.27. The maximum Gasteiger partial charge on any atom is 0.303 e. The van der Waals surface area contributed by atoms with Gasteiger partial charge in [-0.3, -0.25) is 4.79 Å². The summed E-state index contributed by atoms with van der Waals surface area (Å²) in [6, 6.07) is 5.95. The van der Waals surface area contributed by atoms with E-state index in [0.717, 1.165) is 23.1 Å². The first-order chi connectivity index (χ1) is 8.02. The van der Waals surface area contributed by atoms with E-state index in [4.69, 9.17) is 9.84 Å². The van der Waals surface area contributed by atoms with Gasteiger partial charge in [0.05, 0.1) is 11.6 Å². The smallest absolute Gasteiger partial charge is 0.303 e. The molecule has 1 N–H and O–H groups in total. The highest BCUT2D eigenvalue weighted by molar-refractivity contribution is 9.10. The summed E-state index contributed by atoms with van der Waals surface area (Å²) in [7, 11) is 1.63. The van der Waals surface area contributed by atoms with Gasteiger partial charge in [0.25, 0.3) is 0 Å². The summed E-state index contributed by atoms with van der Waals surface area (Å²) < 4.78 is 6.09. The lowest BCUT2D eigenvalue weighted by molar-refractivity contribution is -0.138. The summed E-state index contributed by atoms with van der Waals surface area (Å²) in [5, 5.41) is 8.67. The molecule has 1 unspecified atom stereocenters. The molecule has 0 aliphatic carbocycles. The third-order valence-corrected chi connectivity index (χ3v) is 3.28. The van der Waals surface area contributed by atoms with Crippen molar-refractivity contribution in [3.8, 4) is 5.75 Å². The predicted octanol–water partition coefficient (Wildman–Crippen LogP) is 3.50. The summed E-state index contributed by atoms with van der Waals surface area (Å²) in [6.45, 7) is 1.96. The summed E-state index contributed by atoms with van der Waals surface area (Å²) in [5.74, 6) is 0.286. The molecule has 17 heavy (non-hydrogen) atoms. The van der Waals surface area contributed by atoms with Gasteiger partial charge in [-0.05, 0) is 52.4 Å². The number of aliphatic carboxylic acids is 1. The molecule has 0 radical (unpaired) electrons. The van der Waals surface area contributed by atoms with Crippen LogP contribution in [0.4, 0.5) is 0 Å². The van der Waals surface area contributed by atoms with Crippen LogP contribution in [-0.2, 0) is 11.2 Å². The van der Waals surface area contributed by atoms with Crippen molar-refractivity contribution >= 4 is 21.9 Å². The van der Waals surface area contributed by atoms with Crippen molar-refractivity contribution in [3.05, 3.63) is 28.2 Å². The Morgan fingerprint density at radius 1 is 1.53 bits per heavy atom. The quantitative estimate of drug-likeness (QED) is 0.874. The highest BCUT2D eigenvalue weighted by atomic mass is 79.9. The molecule has 0 fully saturated rings. The molecule has 3 nitrogen and oxygen atoms in total. The average Bonchev–Trinajstić information content (AvgIpc) is 2.25. The first kappa shape index (κ1) is 14.0. The van der Waals surface area contributed by atoms with E-state index in [-0.39, 0.29) is 12.3 Å². The Hall–Kier alpha value is -1.03. The number of carboxylic acids is 1. The van der Waals surface area contributed by atoms with E-state index in [1.165, 1.54) is 5.56 Å². The molecule has 0 aliphatic heterocycles. The van der Waals surface area contributed by atoms with E-state index in [1.807, 2.05) is 25.1 Å². The predicted molar refractivity (Wildman–Crippen MR) is 70.4 cm³/mol. The molecule has 1 aromatic carbocycles. The summed E-state index contributed by atoms with van der Waals surface area (Å²) in [4.78, 5) is 10.5. The molecular weight excluding hydrogens is 284 g/mol. The molecule has 0 saturated heterocycles. The zero-order chi connectivity index (χ0) is 12.8. The second-order valence-corrected chi connectivity index (χ2v) is 5.06. The summed E-state index contributed by atoms with van der Waals surface area (Å²) >= 11 is 3.44. The number of carboxylic acid groups (broad SMARTS) is 1. The Bertz CT molecular complexity index is 390. The number of methoxy groups -OCH3 is 1. The largest absolute Gasteiger partial charge is 0.496 e. The highest BCUT2D eigenvalue weighted by Crippen LogP contribution is 2.26. The van der Waals surface area contributed by atoms with Crippen molar-refractivity contribution in [2.24, 2.45) is 5.92 Å². The lowest BCUT2D eigenvalue weighted by Crippen LogP contribution is -2.05. The van der Waals surface area contributed by atoms with Crippen LogP contribution in [-0.4, -0.2) is 18.2 Å². The molecule has 4 heteroatoms. The minimum absolute atomic E-state index is 0.202. The number of hydrogen-bond acceptors (Lipinski definition) is 2. The van der Waals surface area contributed by atoms with E-state index in [0.29, 0.717) is 0 Å². The zero-order valence-corrected chi connectivity index (χ0v) is 11.7.